The van der Waals surface area contributed by atoms with E-state index >= 15 is 0 Å². The molecule has 2 fully saturated rings. The molecule has 68 valence electrons. The van der Waals surface area contributed by atoms with Gasteiger partial charge in [0, 0.05) is 12.6 Å². The van der Waals surface area contributed by atoms with Crippen molar-refractivity contribution in [1.29, 1.82) is 0 Å². The molecular weight excluding hydrogens is 158 g/mol. The molecule has 2 N–H and O–H groups in total. The number of aliphatic carboxylic acids is 1. The van der Waals surface area contributed by atoms with Gasteiger partial charge >= 0.3 is 5.97 Å². The third kappa shape index (κ3) is 1.32. The zero-order chi connectivity index (χ0) is 8.55. The molecule has 0 bridgehead atoms. The highest BCUT2D eigenvalue weighted by Gasteiger charge is 2.38. The molecule has 3 atom stereocenters. The highest BCUT2D eigenvalue weighted by molar-refractivity contribution is 5.74. The summed E-state index contributed by atoms with van der Waals surface area (Å²) in [6, 6.07) is 0.0292. The first-order valence-electron chi connectivity index (χ1n) is 4.34. The van der Waals surface area contributed by atoms with Gasteiger partial charge in [0.25, 0.3) is 0 Å². The summed E-state index contributed by atoms with van der Waals surface area (Å²) in [5.74, 6) is -0.316. The minimum absolute atomic E-state index is 0.346. The van der Waals surface area contributed by atoms with Crippen LogP contribution in [0.4, 0.5) is 0 Å². The Bertz CT molecular complexity index is 181. The molecule has 2 saturated heterocycles. The highest BCUT2D eigenvalue weighted by atomic mass is 16.5. The molecular formula is C8H13NO3. The van der Waals surface area contributed by atoms with Crippen molar-refractivity contribution in [2.75, 3.05) is 13.2 Å². The van der Waals surface area contributed by atoms with E-state index in [1.807, 2.05) is 0 Å². The Kier molecular flexibility index (Phi) is 2.02. The fraction of sp³-hybridized carbons (Fsp3) is 0.875. The topological polar surface area (TPSA) is 58.6 Å². The molecule has 4 nitrogen and oxygen atoms in total. The summed E-state index contributed by atoms with van der Waals surface area (Å²) in [6.07, 6.45) is 1.68. The number of carbonyl (C=O) groups is 1. The molecule has 0 amide bonds. The van der Waals surface area contributed by atoms with E-state index in [0.29, 0.717) is 12.0 Å². The SMILES string of the molecule is O=C(O)C1CC2COCCC2N1. The Hall–Kier alpha value is -0.610. The zero-order valence-electron chi connectivity index (χ0n) is 6.82. The van der Waals surface area contributed by atoms with Crippen LogP contribution in [-0.2, 0) is 9.53 Å². The normalized spacial score (nSPS) is 40.8. The van der Waals surface area contributed by atoms with Gasteiger partial charge in [-0.2, -0.15) is 0 Å². The number of carboxylic acid groups (broad SMARTS) is 1. The van der Waals surface area contributed by atoms with Crippen LogP contribution in [-0.4, -0.2) is 36.4 Å². The number of hydrogen-bond acceptors (Lipinski definition) is 3. The summed E-state index contributed by atoms with van der Waals surface area (Å²) in [7, 11) is 0. The second-order valence-electron chi connectivity index (χ2n) is 3.52. The lowest BCUT2D eigenvalue weighted by Gasteiger charge is -2.24. The zero-order valence-corrected chi connectivity index (χ0v) is 6.82. The van der Waals surface area contributed by atoms with Gasteiger partial charge < -0.3 is 15.2 Å². The fourth-order valence-corrected chi connectivity index (χ4v) is 2.05. The first-order chi connectivity index (χ1) is 5.77. The van der Waals surface area contributed by atoms with Crippen LogP contribution in [0.3, 0.4) is 0 Å². The molecule has 0 spiro atoms. The molecule has 2 rings (SSSR count). The van der Waals surface area contributed by atoms with E-state index in [1.54, 1.807) is 0 Å². The molecule has 4 heteroatoms. The van der Waals surface area contributed by atoms with Gasteiger partial charge in [0.2, 0.25) is 0 Å². The standard InChI is InChI=1S/C8H13NO3/c10-8(11)7-3-5-4-12-2-1-6(5)9-7/h5-7,9H,1-4H2,(H,10,11). The van der Waals surface area contributed by atoms with Gasteiger partial charge in [-0.05, 0) is 18.8 Å². The average Bonchev–Trinajstić information content (AvgIpc) is 2.46. The lowest BCUT2D eigenvalue weighted by atomic mass is 9.96. The average molecular weight is 171 g/mol. The van der Waals surface area contributed by atoms with Crippen molar-refractivity contribution in [3.05, 3.63) is 0 Å². The predicted molar refractivity (Wildman–Crippen MR) is 41.9 cm³/mol. The number of fused-ring (bicyclic) bond motifs is 1. The van der Waals surface area contributed by atoms with Crippen LogP contribution in [0.1, 0.15) is 12.8 Å². The Morgan fingerprint density at radius 3 is 3.08 bits per heavy atom. The number of carboxylic acids is 1. The van der Waals surface area contributed by atoms with Crippen LogP contribution < -0.4 is 5.32 Å². The summed E-state index contributed by atoms with van der Waals surface area (Å²) >= 11 is 0. The monoisotopic (exact) mass is 171 g/mol. The van der Waals surface area contributed by atoms with E-state index in [-0.39, 0.29) is 6.04 Å². The van der Waals surface area contributed by atoms with Gasteiger partial charge in [-0.1, -0.05) is 0 Å². The van der Waals surface area contributed by atoms with Crippen molar-refractivity contribution in [2.24, 2.45) is 5.92 Å². The molecule has 2 heterocycles. The van der Waals surface area contributed by atoms with Crippen molar-refractivity contribution >= 4 is 5.97 Å². The Labute approximate surface area is 70.9 Å². The van der Waals surface area contributed by atoms with Gasteiger partial charge in [-0.25, -0.2) is 0 Å². The number of ether oxygens (including phenoxy) is 1. The molecule has 0 aromatic heterocycles. The number of nitrogens with one attached hydrogen (secondary N) is 1. The van der Waals surface area contributed by atoms with Gasteiger partial charge in [0.05, 0.1) is 6.61 Å². The lowest BCUT2D eigenvalue weighted by Crippen LogP contribution is -2.39. The third-order valence-electron chi connectivity index (χ3n) is 2.73. The van der Waals surface area contributed by atoms with Crippen LogP contribution in [0.2, 0.25) is 0 Å². The first kappa shape index (κ1) is 8.01. The van der Waals surface area contributed by atoms with Gasteiger partial charge in [0.15, 0.2) is 0 Å². The molecule has 0 aromatic rings. The number of rotatable bonds is 1. The van der Waals surface area contributed by atoms with Gasteiger partial charge in [0.1, 0.15) is 6.04 Å². The maximum absolute atomic E-state index is 10.6. The van der Waals surface area contributed by atoms with E-state index in [0.717, 1.165) is 26.1 Å². The minimum atomic E-state index is -0.732. The second kappa shape index (κ2) is 3.03. The van der Waals surface area contributed by atoms with E-state index < -0.39 is 5.97 Å². The molecule has 2 aliphatic heterocycles. The summed E-state index contributed by atoms with van der Waals surface area (Å²) in [5.41, 5.74) is 0. The molecule has 0 aliphatic carbocycles. The summed E-state index contributed by atoms with van der Waals surface area (Å²) in [4.78, 5) is 10.6. The first-order valence-corrected chi connectivity index (χ1v) is 4.34. The largest absolute Gasteiger partial charge is 0.480 e. The van der Waals surface area contributed by atoms with Crippen LogP contribution in [0.25, 0.3) is 0 Å². The van der Waals surface area contributed by atoms with Crippen molar-refractivity contribution < 1.29 is 14.6 Å². The predicted octanol–water partition coefficient (Wildman–Crippen LogP) is -0.162. The highest BCUT2D eigenvalue weighted by Crippen LogP contribution is 2.26. The quantitative estimate of drug-likeness (QED) is 0.575. The van der Waals surface area contributed by atoms with Crippen LogP contribution in [0.5, 0.6) is 0 Å². The molecule has 12 heavy (non-hydrogen) atoms. The molecule has 0 saturated carbocycles. The van der Waals surface area contributed by atoms with E-state index in [9.17, 15) is 4.79 Å². The van der Waals surface area contributed by atoms with Crippen molar-refractivity contribution in [1.82, 2.24) is 5.32 Å². The summed E-state index contributed by atoms with van der Waals surface area (Å²) in [6.45, 7) is 1.49. The number of hydrogen-bond donors (Lipinski definition) is 2. The van der Waals surface area contributed by atoms with Crippen LogP contribution in [0.15, 0.2) is 0 Å². The van der Waals surface area contributed by atoms with E-state index in [4.69, 9.17) is 9.84 Å². The van der Waals surface area contributed by atoms with Crippen molar-refractivity contribution in [3.8, 4) is 0 Å². The Balaban J connectivity index is 1.98. The summed E-state index contributed by atoms with van der Waals surface area (Å²) < 4.78 is 5.28. The maximum Gasteiger partial charge on any atom is 0.320 e. The summed E-state index contributed by atoms with van der Waals surface area (Å²) in [5, 5.41) is 11.9. The van der Waals surface area contributed by atoms with Crippen LogP contribution >= 0.6 is 0 Å². The Morgan fingerprint density at radius 2 is 2.42 bits per heavy atom. The van der Waals surface area contributed by atoms with Crippen LogP contribution in [0, 0.1) is 5.92 Å². The van der Waals surface area contributed by atoms with Crippen molar-refractivity contribution in [2.45, 2.75) is 24.9 Å². The fourth-order valence-electron chi connectivity index (χ4n) is 2.05. The second-order valence-corrected chi connectivity index (χ2v) is 3.52. The molecule has 2 aliphatic rings. The minimum Gasteiger partial charge on any atom is -0.480 e. The molecule has 0 radical (unpaired) electrons. The molecule has 0 aromatic carbocycles. The molecule has 3 unspecified atom stereocenters. The third-order valence-corrected chi connectivity index (χ3v) is 2.73. The Morgan fingerprint density at radius 1 is 1.58 bits per heavy atom. The smallest absolute Gasteiger partial charge is 0.320 e. The maximum atomic E-state index is 10.6. The van der Waals surface area contributed by atoms with Crippen molar-refractivity contribution in [3.63, 3.8) is 0 Å². The lowest BCUT2D eigenvalue weighted by molar-refractivity contribution is -0.139. The van der Waals surface area contributed by atoms with Gasteiger partial charge in [-0.15, -0.1) is 0 Å². The van der Waals surface area contributed by atoms with E-state index in [2.05, 4.69) is 5.32 Å². The van der Waals surface area contributed by atoms with Gasteiger partial charge in [-0.3, -0.25) is 4.79 Å². The van der Waals surface area contributed by atoms with E-state index in [1.165, 1.54) is 0 Å².